The molecule has 0 saturated carbocycles. The maximum absolute atomic E-state index is 12.4. The van der Waals surface area contributed by atoms with Gasteiger partial charge in [0.05, 0.1) is 16.5 Å². The molecule has 2 unspecified atom stereocenters. The molecule has 0 radical (unpaired) electrons. The van der Waals surface area contributed by atoms with Crippen LogP contribution >= 0.6 is 0 Å². The number of sulfonamides is 1. The number of ether oxygens (including phenoxy) is 1. The van der Waals surface area contributed by atoms with Gasteiger partial charge in [-0.15, -0.1) is 0 Å². The largest absolute Gasteiger partial charge is 0.398 e. The van der Waals surface area contributed by atoms with E-state index in [0.717, 1.165) is 5.56 Å². The van der Waals surface area contributed by atoms with Crippen LogP contribution in [-0.4, -0.2) is 26.7 Å². The van der Waals surface area contributed by atoms with E-state index in [1.54, 1.807) is 12.1 Å². The molecule has 1 heterocycles. The number of hydrogen-bond acceptors (Lipinski definition) is 4. The van der Waals surface area contributed by atoms with Crippen molar-refractivity contribution in [2.45, 2.75) is 43.7 Å². The quantitative estimate of drug-likeness (QED) is 0.823. The molecule has 5 nitrogen and oxygen atoms in total. The van der Waals surface area contributed by atoms with Gasteiger partial charge in [0.2, 0.25) is 10.0 Å². The van der Waals surface area contributed by atoms with E-state index in [0.29, 0.717) is 18.7 Å². The molecule has 0 bridgehead atoms. The van der Waals surface area contributed by atoms with Gasteiger partial charge >= 0.3 is 0 Å². The number of aryl methyl sites for hydroxylation is 1. The molecule has 3 N–H and O–H groups in total. The number of hydrogen-bond donors (Lipinski definition) is 2. The number of anilines is 1. The van der Waals surface area contributed by atoms with Gasteiger partial charge in [-0.3, -0.25) is 0 Å². The second-order valence-electron chi connectivity index (χ2n) is 5.30. The second kappa shape index (κ2) is 4.77. The fourth-order valence-electron chi connectivity index (χ4n) is 2.12. The molecule has 1 aromatic rings. The Kier molecular flexibility index (Phi) is 3.59. The van der Waals surface area contributed by atoms with Gasteiger partial charge in [0, 0.05) is 12.3 Å². The Hall–Kier alpha value is -1.11. The standard InChI is InChI=1S/C13H20N2O3S/c1-9-4-5-11(8-12(9)14)19(16,17)15-13(3)6-7-18-10(13)2/h4-5,8,10,15H,6-7,14H2,1-3H3. The van der Waals surface area contributed by atoms with Crippen LogP contribution < -0.4 is 10.5 Å². The molecule has 1 aliphatic heterocycles. The zero-order valence-electron chi connectivity index (χ0n) is 11.4. The van der Waals surface area contributed by atoms with Crippen LogP contribution in [0.15, 0.2) is 23.1 Å². The first-order valence-corrected chi connectivity index (χ1v) is 7.75. The van der Waals surface area contributed by atoms with E-state index in [1.165, 1.54) is 6.07 Å². The minimum Gasteiger partial charge on any atom is -0.398 e. The summed E-state index contributed by atoms with van der Waals surface area (Å²) in [4.78, 5) is 0.191. The normalized spacial score (nSPS) is 27.6. The van der Waals surface area contributed by atoms with Crippen molar-refractivity contribution >= 4 is 15.7 Å². The molecule has 0 aliphatic carbocycles. The van der Waals surface area contributed by atoms with Crippen molar-refractivity contribution < 1.29 is 13.2 Å². The van der Waals surface area contributed by atoms with E-state index < -0.39 is 15.6 Å². The van der Waals surface area contributed by atoms with E-state index in [2.05, 4.69) is 4.72 Å². The van der Waals surface area contributed by atoms with Crippen molar-refractivity contribution in [3.05, 3.63) is 23.8 Å². The molecule has 106 valence electrons. The van der Waals surface area contributed by atoms with Gasteiger partial charge < -0.3 is 10.5 Å². The van der Waals surface area contributed by atoms with E-state index in [-0.39, 0.29) is 11.0 Å². The summed E-state index contributed by atoms with van der Waals surface area (Å²) >= 11 is 0. The van der Waals surface area contributed by atoms with E-state index in [9.17, 15) is 8.42 Å². The molecule has 2 atom stereocenters. The van der Waals surface area contributed by atoms with E-state index >= 15 is 0 Å². The molecule has 1 saturated heterocycles. The lowest BCUT2D eigenvalue weighted by molar-refractivity contribution is 0.0957. The van der Waals surface area contributed by atoms with Crippen molar-refractivity contribution in [1.82, 2.24) is 4.72 Å². The predicted molar refractivity (Wildman–Crippen MR) is 74.3 cm³/mol. The Labute approximate surface area is 114 Å². The number of nitrogen functional groups attached to an aromatic ring is 1. The smallest absolute Gasteiger partial charge is 0.241 e. The summed E-state index contributed by atoms with van der Waals surface area (Å²) in [6, 6.07) is 4.76. The maximum atomic E-state index is 12.4. The fourth-order valence-corrected chi connectivity index (χ4v) is 3.65. The Morgan fingerprint density at radius 1 is 1.47 bits per heavy atom. The topological polar surface area (TPSA) is 81.4 Å². The maximum Gasteiger partial charge on any atom is 0.241 e. The van der Waals surface area contributed by atoms with Gasteiger partial charge in [-0.25, -0.2) is 13.1 Å². The number of rotatable bonds is 3. The first-order chi connectivity index (χ1) is 8.74. The summed E-state index contributed by atoms with van der Waals surface area (Å²) < 4.78 is 32.9. The summed E-state index contributed by atoms with van der Waals surface area (Å²) in [5.41, 5.74) is 6.54. The third-order valence-electron chi connectivity index (χ3n) is 3.82. The van der Waals surface area contributed by atoms with Crippen LogP contribution in [0.1, 0.15) is 25.8 Å². The van der Waals surface area contributed by atoms with Crippen LogP contribution in [0.2, 0.25) is 0 Å². The van der Waals surface area contributed by atoms with Gasteiger partial charge in [-0.05, 0) is 44.9 Å². The molecule has 19 heavy (non-hydrogen) atoms. The van der Waals surface area contributed by atoms with Crippen LogP contribution in [0.3, 0.4) is 0 Å². The minimum absolute atomic E-state index is 0.148. The monoisotopic (exact) mass is 284 g/mol. The molecule has 6 heteroatoms. The van der Waals surface area contributed by atoms with Crippen LogP contribution in [-0.2, 0) is 14.8 Å². The molecule has 0 amide bonds. The number of nitrogens with one attached hydrogen (secondary N) is 1. The Balaban J connectivity index is 2.30. The van der Waals surface area contributed by atoms with Crippen molar-refractivity contribution in [2.75, 3.05) is 12.3 Å². The number of nitrogens with two attached hydrogens (primary N) is 1. The van der Waals surface area contributed by atoms with Gasteiger partial charge in [0.15, 0.2) is 0 Å². The highest BCUT2D eigenvalue weighted by atomic mass is 32.2. The lowest BCUT2D eigenvalue weighted by atomic mass is 9.97. The van der Waals surface area contributed by atoms with Gasteiger partial charge in [-0.2, -0.15) is 0 Å². The summed E-state index contributed by atoms with van der Waals surface area (Å²) in [6.07, 6.45) is 0.513. The molecular weight excluding hydrogens is 264 g/mol. The van der Waals surface area contributed by atoms with Gasteiger partial charge in [0.1, 0.15) is 0 Å². The molecule has 1 fully saturated rings. The average molecular weight is 284 g/mol. The van der Waals surface area contributed by atoms with Crippen LogP contribution in [0, 0.1) is 6.92 Å². The summed E-state index contributed by atoms with van der Waals surface area (Å²) in [5, 5.41) is 0. The lowest BCUT2D eigenvalue weighted by Crippen LogP contribution is -2.50. The summed E-state index contributed by atoms with van der Waals surface area (Å²) in [6.45, 7) is 6.14. The van der Waals surface area contributed by atoms with Crippen molar-refractivity contribution in [2.24, 2.45) is 0 Å². The molecule has 2 rings (SSSR count). The minimum atomic E-state index is -3.58. The van der Waals surface area contributed by atoms with Gasteiger partial charge in [-0.1, -0.05) is 6.07 Å². The van der Waals surface area contributed by atoms with Gasteiger partial charge in [0.25, 0.3) is 0 Å². The first kappa shape index (κ1) is 14.3. The Bertz CT molecular complexity index is 586. The second-order valence-corrected chi connectivity index (χ2v) is 6.99. The van der Waals surface area contributed by atoms with Crippen molar-refractivity contribution in [1.29, 1.82) is 0 Å². The summed E-state index contributed by atoms with van der Waals surface area (Å²) in [5.74, 6) is 0. The third kappa shape index (κ3) is 2.75. The highest BCUT2D eigenvalue weighted by Gasteiger charge is 2.40. The predicted octanol–water partition coefficient (Wildman–Crippen LogP) is 1.42. The molecule has 1 aliphatic rings. The third-order valence-corrected chi connectivity index (χ3v) is 5.42. The Morgan fingerprint density at radius 3 is 2.68 bits per heavy atom. The number of benzene rings is 1. The summed E-state index contributed by atoms with van der Waals surface area (Å²) in [7, 11) is -3.58. The lowest BCUT2D eigenvalue weighted by Gasteiger charge is -2.28. The molecule has 0 aromatic heterocycles. The van der Waals surface area contributed by atoms with Crippen molar-refractivity contribution in [3.63, 3.8) is 0 Å². The van der Waals surface area contributed by atoms with Crippen LogP contribution in [0.5, 0.6) is 0 Å². The zero-order chi connectivity index (χ0) is 14.3. The molecule has 0 spiro atoms. The Morgan fingerprint density at radius 2 is 2.16 bits per heavy atom. The van der Waals surface area contributed by atoms with E-state index in [4.69, 9.17) is 10.5 Å². The van der Waals surface area contributed by atoms with E-state index in [1.807, 2.05) is 20.8 Å². The highest BCUT2D eigenvalue weighted by Crippen LogP contribution is 2.28. The zero-order valence-corrected chi connectivity index (χ0v) is 12.3. The highest BCUT2D eigenvalue weighted by molar-refractivity contribution is 7.89. The van der Waals surface area contributed by atoms with Crippen LogP contribution in [0.25, 0.3) is 0 Å². The molecule has 1 aromatic carbocycles. The average Bonchev–Trinajstić information content (AvgIpc) is 2.61. The van der Waals surface area contributed by atoms with Crippen molar-refractivity contribution in [3.8, 4) is 0 Å². The fraction of sp³-hybridized carbons (Fsp3) is 0.538. The first-order valence-electron chi connectivity index (χ1n) is 6.26. The van der Waals surface area contributed by atoms with Crippen LogP contribution in [0.4, 0.5) is 5.69 Å². The molecular formula is C13H20N2O3S. The SMILES string of the molecule is Cc1ccc(S(=O)(=O)NC2(C)CCOC2C)cc1N.